The van der Waals surface area contributed by atoms with E-state index in [-0.39, 0.29) is 0 Å². The Morgan fingerprint density at radius 1 is 0.417 bits per heavy atom. The van der Waals surface area contributed by atoms with Crippen LogP contribution >= 0.6 is 22.7 Å². The fourth-order valence-corrected chi connectivity index (χ4v) is 22.3. The molecule has 208 valence electrons. The van der Waals surface area contributed by atoms with Gasteiger partial charge in [-0.2, -0.15) is 0 Å². The normalized spacial score (nSPS) is 12.4. The predicted molar refractivity (Wildman–Crippen MR) is 179 cm³/mol. The van der Waals surface area contributed by atoms with Gasteiger partial charge in [0.2, 0.25) is 0 Å². The molecule has 2 aromatic heterocycles. The van der Waals surface area contributed by atoms with Crippen LogP contribution in [0.1, 0.15) is 155 Å². The molecule has 2 heterocycles. The van der Waals surface area contributed by atoms with Crippen LogP contribution in [0.5, 0.6) is 0 Å². The van der Waals surface area contributed by atoms with E-state index in [9.17, 15) is 0 Å². The van der Waals surface area contributed by atoms with E-state index in [1.54, 1.807) is 18.3 Å². The second-order valence-corrected chi connectivity index (χ2v) is 27.9. The number of thiophene rings is 2. The average Bonchev–Trinajstić information content (AvgIpc) is 3.44. The van der Waals surface area contributed by atoms with Crippen LogP contribution < -0.4 is 5.79 Å². The third kappa shape index (κ3) is 17.1. The van der Waals surface area contributed by atoms with Crippen molar-refractivity contribution >= 4 is 80.1 Å². The molecule has 0 N–H and O–H groups in total. The molecule has 0 aliphatic rings. The Morgan fingerprint density at radius 3 is 1.00 bits per heavy atom. The Balaban J connectivity index is 1.41. The average molecular weight is 746 g/mol. The van der Waals surface area contributed by atoms with E-state index in [2.05, 4.69) is 48.7 Å². The van der Waals surface area contributed by atoms with E-state index in [0.717, 1.165) is 0 Å². The molecule has 36 heavy (non-hydrogen) atoms. The second-order valence-electron chi connectivity index (χ2n) is 11.4. The number of fused-ring (bicyclic) bond motifs is 1. The van der Waals surface area contributed by atoms with Gasteiger partial charge in [-0.05, 0) is 0 Å². The van der Waals surface area contributed by atoms with Crippen molar-refractivity contribution in [2.75, 3.05) is 0 Å². The van der Waals surface area contributed by atoms with E-state index in [1.165, 1.54) is 141 Å². The third-order valence-electron chi connectivity index (χ3n) is 7.86. The van der Waals surface area contributed by atoms with Crippen LogP contribution in [0.3, 0.4) is 0 Å². The zero-order valence-corrected chi connectivity index (χ0v) is 34.1. The Hall–Kier alpha value is 1.26. The van der Waals surface area contributed by atoms with Crippen LogP contribution in [-0.2, 0) is 0 Å². The molecule has 0 bridgehead atoms. The van der Waals surface area contributed by atoms with E-state index < -0.39 is 42.3 Å². The molecule has 0 aliphatic heterocycles. The van der Waals surface area contributed by atoms with Crippen LogP contribution in [-0.4, -0.2) is 42.3 Å². The molecule has 0 saturated carbocycles. The van der Waals surface area contributed by atoms with Crippen LogP contribution in [0.2, 0.25) is 8.87 Å². The quantitative estimate of drug-likeness (QED) is 0.0665. The molecule has 0 aliphatic carbocycles. The van der Waals surface area contributed by atoms with Gasteiger partial charge in [0.15, 0.2) is 0 Å². The summed E-state index contributed by atoms with van der Waals surface area (Å²) in [6, 6.07) is 5.27. The van der Waals surface area contributed by atoms with Gasteiger partial charge in [-0.3, -0.25) is 0 Å². The molecule has 0 nitrogen and oxygen atoms in total. The molecule has 0 spiro atoms. The Morgan fingerprint density at radius 2 is 0.694 bits per heavy atom. The van der Waals surface area contributed by atoms with E-state index in [4.69, 9.17) is 0 Å². The van der Waals surface area contributed by atoms with E-state index in [0.29, 0.717) is 0 Å². The first-order valence-corrected chi connectivity index (χ1v) is 27.7. The van der Waals surface area contributed by atoms with E-state index >= 15 is 0 Å². The van der Waals surface area contributed by atoms with Crippen molar-refractivity contribution in [2.45, 2.75) is 164 Å². The predicted octanol–water partition coefficient (Wildman–Crippen LogP) is 10.0. The van der Waals surface area contributed by atoms with Gasteiger partial charge in [-0.25, -0.2) is 0 Å². The standard InChI is InChI=1S/2C13H27.C6H2S2.2Sn.4H/c2*1-3-5-7-9-11-13-12-10-8-6-4-2;1-3-7-6-2-4-8-5(1)6;;;;;;/h2*1,3-13H2,2H3;1-2H;;;;;;. The Bertz CT molecular complexity index is 647. The van der Waals surface area contributed by atoms with Crippen LogP contribution in [0.15, 0.2) is 12.1 Å². The summed E-state index contributed by atoms with van der Waals surface area (Å²) < 4.78 is 10.3. The molecule has 2 rings (SSSR count). The maximum absolute atomic E-state index is 2.64. The summed E-state index contributed by atoms with van der Waals surface area (Å²) in [5, 5.41) is 0. The van der Waals surface area contributed by atoms with Gasteiger partial charge in [0.1, 0.15) is 0 Å². The van der Waals surface area contributed by atoms with Gasteiger partial charge < -0.3 is 0 Å². The molecule has 2 aromatic rings. The number of hydrogen-bond acceptors (Lipinski definition) is 2. The summed E-state index contributed by atoms with van der Waals surface area (Å²) >= 11 is 3.03. The summed E-state index contributed by atoms with van der Waals surface area (Å²) in [6.45, 7) is 4.62. The van der Waals surface area contributed by atoms with Crippen molar-refractivity contribution in [3.63, 3.8) is 0 Å². The topological polar surface area (TPSA) is 0 Å². The van der Waals surface area contributed by atoms with Crippen molar-refractivity contribution in [2.24, 2.45) is 0 Å². The minimum absolute atomic E-state index is 0.684. The molecular formula is C32H60S2Sn2. The molecule has 0 radical (unpaired) electrons. The van der Waals surface area contributed by atoms with Crippen molar-refractivity contribution in [1.82, 2.24) is 0 Å². The number of rotatable bonds is 26. The van der Waals surface area contributed by atoms with Gasteiger partial charge in [0.05, 0.1) is 0 Å². The molecule has 0 fully saturated rings. The minimum atomic E-state index is -0.684. The van der Waals surface area contributed by atoms with Crippen molar-refractivity contribution in [3.8, 4) is 0 Å². The zero-order valence-electron chi connectivity index (χ0n) is 24.4. The molecule has 0 saturated heterocycles. The fourth-order valence-electron chi connectivity index (χ4n) is 5.46. The zero-order chi connectivity index (χ0) is 25.5. The van der Waals surface area contributed by atoms with Gasteiger partial charge in [-0.1, -0.05) is 13.8 Å². The van der Waals surface area contributed by atoms with E-state index in [1.807, 2.05) is 5.79 Å². The molecular weight excluding hydrogens is 686 g/mol. The molecule has 0 unspecified atom stereocenters. The fraction of sp³-hybridized carbons (Fsp3) is 0.812. The summed E-state index contributed by atoms with van der Waals surface area (Å²) in [6.07, 6.45) is 32.5. The maximum atomic E-state index is 2.64. The number of hydrogen-bond donors (Lipinski definition) is 0. The first-order chi connectivity index (χ1) is 17.8. The first kappa shape index (κ1) is 33.5. The first-order valence-electron chi connectivity index (χ1n) is 16.3. The van der Waals surface area contributed by atoms with Crippen molar-refractivity contribution in [3.05, 3.63) is 12.1 Å². The Kier molecular flexibility index (Phi) is 22.4. The molecule has 0 aromatic carbocycles. The second kappa shape index (κ2) is 24.1. The molecule has 0 amide bonds. The summed E-state index contributed by atoms with van der Waals surface area (Å²) in [4.78, 5) is 0. The van der Waals surface area contributed by atoms with Crippen LogP contribution in [0.4, 0.5) is 0 Å². The number of unbranched alkanes of at least 4 members (excludes halogenated alkanes) is 20. The van der Waals surface area contributed by atoms with Crippen molar-refractivity contribution < 1.29 is 0 Å². The third-order valence-corrected chi connectivity index (χ3v) is 23.9. The monoisotopic (exact) mass is 748 g/mol. The van der Waals surface area contributed by atoms with Crippen molar-refractivity contribution in [1.29, 1.82) is 0 Å². The van der Waals surface area contributed by atoms with Gasteiger partial charge in [0.25, 0.3) is 0 Å². The van der Waals surface area contributed by atoms with Gasteiger partial charge in [-0.15, -0.1) is 0 Å². The molecule has 4 heteroatoms. The van der Waals surface area contributed by atoms with Gasteiger partial charge >= 0.3 is 242 Å². The summed E-state index contributed by atoms with van der Waals surface area (Å²) in [5.74, 6) is 0. The summed E-state index contributed by atoms with van der Waals surface area (Å²) in [7, 11) is 0. The Labute approximate surface area is 254 Å². The van der Waals surface area contributed by atoms with Crippen LogP contribution in [0, 0.1) is 0 Å². The van der Waals surface area contributed by atoms with Crippen LogP contribution in [0.25, 0.3) is 9.40 Å². The molecule has 0 atom stereocenters. The summed E-state index contributed by atoms with van der Waals surface area (Å²) in [5.41, 5.74) is 0. The SMILES string of the molecule is CCCCCCCCCCCC[CH2][SnH2][c]1cc2s[c]([SnH2][CH2]CCCCCCCCCCCC)cc2s1. The van der Waals surface area contributed by atoms with Gasteiger partial charge in [0, 0.05) is 0 Å².